The van der Waals surface area contributed by atoms with Gasteiger partial charge in [0.25, 0.3) is 0 Å². The van der Waals surface area contributed by atoms with Gasteiger partial charge in [-0.2, -0.15) is 0 Å². The molecule has 0 saturated carbocycles. The molecule has 0 spiro atoms. The molecule has 138 valence electrons. The summed E-state index contributed by atoms with van der Waals surface area (Å²) in [5, 5.41) is 12.5. The molecule has 2 heterocycles. The minimum absolute atomic E-state index is 0.0709. The van der Waals surface area contributed by atoms with Gasteiger partial charge in [0.05, 0.1) is 19.3 Å². The Morgan fingerprint density at radius 3 is 2.92 bits per heavy atom. The first kappa shape index (κ1) is 18.1. The third-order valence-corrected chi connectivity index (χ3v) is 4.72. The first-order valence-corrected chi connectivity index (χ1v) is 8.78. The first-order chi connectivity index (χ1) is 12.2. The number of nitrogens with one attached hydrogen (secondary N) is 1. The average Bonchev–Trinajstić information content (AvgIpc) is 3.18. The number of nitrogens with zero attached hydrogens (tertiary/aromatic N) is 2. The molecule has 0 aromatic heterocycles. The summed E-state index contributed by atoms with van der Waals surface area (Å²) in [6, 6.07) is 4.76. The van der Waals surface area contributed by atoms with Crippen molar-refractivity contribution in [1.29, 1.82) is 0 Å². The highest BCUT2D eigenvalue weighted by atomic mass is 19.1. The lowest BCUT2D eigenvalue weighted by Gasteiger charge is -2.37. The third kappa shape index (κ3) is 4.48. The van der Waals surface area contributed by atoms with E-state index in [-0.39, 0.29) is 24.6 Å². The van der Waals surface area contributed by atoms with Crippen molar-refractivity contribution in [3.05, 3.63) is 35.1 Å². The van der Waals surface area contributed by atoms with Crippen LogP contribution in [0.4, 0.5) is 4.39 Å². The second-order valence-electron chi connectivity index (χ2n) is 6.39. The molecule has 3 rings (SSSR count). The topological polar surface area (TPSA) is 66.3 Å². The smallest absolute Gasteiger partial charge is 0.194 e. The molecule has 2 aliphatic heterocycles. The highest BCUT2D eigenvalue weighted by molar-refractivity contribution is 5.80. The number of aliphatic imine (C=N–C) groups is 1. The van der Waals surface area contributed by atoms with Gasteiger partial charge in [-0.25, -0.2) is 4.39 Å². The van der Waals surface area contributed by atoms with Crippen molar-refractivity contribution in [2.24, 2.45) is 4.99 Å². The highest BCUT2D eigenvalue weighted by Gasteiger charge is 2.32. The monoisotopic (exact) mass is 351 g/mol. The van der Waals surface area contributed by atoms with Crippen LogP contribution in [-0.4, -0.2) is 61.5 Å². The molecule has 6 nitrogen and oxygen atoms in total. The van der Waals surface area contributed by atoms with Crippen LogP contribution in [0.5, 0.6) is 0 Å². The Hall–Kier alpha value is -1.70. The number of morpholine rings is 1. The van der Waals surface area contributed by atoms with Gasteiger partial charge in [-0.1, -0.05) is 6.07 Å². The molecule has 2 unspecified atom stereocenters. The Morgan fingerprint density at radius 1 is 1.36 bits per heavy atom. The molecule has 7 heteroatoms. The number of rotatable bonds is 4. The van der Waals surface area contributed by atoms with Gasteiger partial charge in [-0.15, -0.1) is 0 Å². The lowest BCUT2D eigenvalue weighted by atomic mass is 10.1. The number of aliphatic hydroxyl groups excluding tert-OH is 1. The van der Waals surface area contributed by atoms with Crippen molar-refractivity contribution in [3.8, 4) is 0 Å². The number of guanidine groups is 1. The molecular formula is C18H26FN3O3. The zero-order valence-corrected chi connectivity index (χ0v) is 14.6. The second kappa shape index (κ2) is 8.60. The summed E-state index contributed by atoms with van der Waals surface area (Å²) in [6.45, 7) is 3.19. The van der Waals surface area contributed by atoms with Crippen LogP contribution in [0.3, 0.4) is 0 Å². The average molecular weight is 351 g/mol. The zero-order valence-electron chi connectivity index (χ0n) is 14.6. The summed E-state index contributed by atoms with van der Waals surface area (Å²) in [6.07, 6.45) is 2.38. The maximum Gasteiger partial charge on any atom is 0.194 e. The fourth-order valence-corrected chi connectivity index (χ4v) is 3.36. The number of ether oxygens (including phenoxy) is 2. The summed E-state index contributed by atoms with van der Waals surface area (Å²) in [4.78, 5) is 6.53. The maximum absolute atomic E-state index is 13.5. The molecule has 0 radical (unpaired) electrons. The van der Waals surface area contributed by atoms with Crippen LogP contribution in [0.25, 0.3) is 0 Å². The molecule has 0 amide bonds. The molecule has 0 bridgehead atoms. The standard InChI is InChI=1S/C18H26FN3O3/c1-20-18(21-10-13-4-5-15(19)14(9-13)12-23)22-6-8-25-17(11-22)16-3-2-7-24-16/h4-5,9,16-17,23H,2-3,6-8,10-12H2,1H3,(H,20,21). The van der Waals surface area contributed by atoms with Crippen molar-refractivity contribution in [1.82, 2.24) is 10.2 Å². The largest absolute Gasteiger partial charge is 0.392 e. The molecule has 2 saturated heterocycles. The molecule has 0 aliphatic carbocycles. The van der Waals surface area contributed by atoms with E-state index in [9.17, 15) is 9.50 Å². The van der Waals surface area contributed by atoms with Crippen molar-refractivity contribution in [2.45, 2.75) is 38.2 Å². The Bertz CT molecular complexity index is 605. The molecule has 1 aromatic rings. The first-order valence-electron chi connectivity index (χ1n) is 8.78. The van der Waals surface area contributed by atoms with E-state index in [2.05, 4.69) is 15.2 Å². The Morgan fingerprint density at radius 2 is 2.20 bits per heavy atom. The van der Waals surface area contributed by atoms with E-state index < -0.39 is 0 Å². The lowest BCUT2D eigenvalue weighted by molar-refractivity contribution is -0.0817. The fraction of sp³-hybridized carbons (Fsp3) is 0.611. The number of hydrogen-bond donors (Lipinski definition) is 2. The van der Waals surface area contributed by atoms with Crippen LogP contribution >= 0.6 is 0 Å². The summed E-state index contributed by atoms with van der Waals surface area (Å²) < 4.78 is 25.1. The Kier molecular flexibility index (Phi) is 6.23. The van der Waals surface area contributed by atoms with E-state index in [4.69, 9.17) is 9.47 Å². The van der Waals surface area contributed by atoms with Crippen LogP contribution in [0.15, 0.2) is 23.2 Å². The molecule has 2 aliphatic rings. The Balaban J connectivity index is 1.58. The summed E-state index contributed by atoms with van der Waals surface area (Å²) >= 11 is 0. The van der Waals surface area contributed by atoms with Crippen LogP contribution < -0.4 is 5.32 Å². The van der Waals surface area contributed by atoms with Crippen molar-refractivity contribution in [3.63, 3.8) is 0 Å². The summed E-state index contributed by atoms with van der Waals surface area (Å²) in [5.41, 5.74) is 1.20. The van der Waals surface area contributed by atoms with Gasteiger partial charge in [0.1, 0.15) is 11.9 Å². The van der Waals surface area contributed by atoms with Crippen LogP contribution in [-0.2, 0) is 22.6 Å². The predicted octanol–water partition coefficient (Wildman–Crippen LogP) is 1.27. The number of benzene rings is 1. The van der Waals surface area contributed by atoms with Gasteiger partial charge >= 0.3 is 0 Å². The van der Waals surface area contributed by atoms with Gasteiger partial charge in [-0.05, 0) is 30.5 Å². The quantitative estimate of drug-likeness (QED) is 0.632. The minimum Gasteiger partial charge on any atom is -0.392 e. The van der Waals surface area contributed by atoms with Crippen molar-refractivity contribution in [2.75, 3.05) is 33.4 Å². The van der Waals surface area contributed by atoms with Gasteiger partial charge in [0, 0.05) is 38.9 Å². The van der Waals surface area contributed by atoms with E-state index in [1.165, 1.54) is 6.07 Å². The molecular weight excluding hydrogens is 325 g/mol. The van der Waals surface area contributed by atoms with Crippen molar-refractivity contribution >= 4 is 5.96 Å². The van der Waals surface area contributed by atoms with Gasteiger partial charge < -0.3 is 24.8 Å². The number of hydrogen-bond acceptors (Lipinski definition) is 4. The summed E-state index contributed by atoms with van der Waals surface area (Å²) in [5.74, 6) is 0.407. The molecule has 2 atom stereocenters. The lowest BCUT2D eigenvalue weighted by Crippen LogP contribution is -2.53. The Labute approximate surface area is 147 Å². The SMILES string of the molecule is CN=C(NCc1ccc(F)c(CO)c1)N1CCOC(C2CCCO2)C1. The number of aliphatic hydroxyl groups is 1. The van der Waals surface area contributed by atoms with Crippen LogP contribution in [0.1, 0.15) is 24.0 Å². The molecule has 25 heavy (non-hydrogen) atoms. The minimum atomic E-state index is -0.386. The van der Waals surface area contributed by atoms with Gasteiger partial charge in [-0.3, -0.25) is 4.99 Å². The van der Waals surface area contributed by atoms with E-state index in [1.807, 2.05) is 0 Å². The fourth-order valence-electron chi connectivity index (χ4n) is 3.36. The maximum atomic E-state index is 13.5. The van der Waals surface area contributed by atoms with E-state index in [0.29, 0.717) is 18.7 Å². The van der Waals surface area contributed by atoms with E-state index in [0.717, 1.165) is 44.1 Å². The molecule has 1 aromatic carbocycles. The predicted molar refractivity (Wildman–Crippen MR) is 92.8 cm³/mol. The van der Waals surface area contributed by atoms with Gasteiger partial charge in [0.2, 0.25) is 0 Å². The van der Waals surface area contributed by atoms with Crippen molar-refractivity contribution < 1.29 is 19.0 Å². The van der Waals surface area contributed by atoms with E-state index >= 15 is 0 Å². The normalized spacial score (nSPS) is 24.6. The molecule has 2 N–H and O–H groups in total. The second-order valence-corrected chi connectivity index (χ2v) is 6.39. The van der Waals surface area contributed by atoms with Crippen LogP contribution in [0, 0.1) is 5.82 Å². The van der Waals surface area contributed by atoms with E-state index in [1.54, 1.807) is 19.2 Å². The number of halogens is 1. The van der Waals surface area contributed by atoms with Gasteiger partial charge in [0.15, 0.2) is 5.96 Å². The zero-order chi connectivity index (χ0) is 17.6. The third-order valence-electron chi connectivity index (χ3n) is 4.72. The highest BCUT2D eigenvalue weighted by Crippen LogP contribution is 2.21. The molecule has 2 fully saturated rings. The summed E-state index contributed by atoms with van der Waals surface area (Å²) in [7, 11) is 1.75. The van der Waals surface area contributed by atoms with Crippen LogP contribution in [0.2, 0.25) is 0 Å².